The molecule has 1 amide bonds. The van der Waals surface area contributed by atoms with E-state index in [-0.39, 0.29) is 24.2 Å². The van der Waals surface area contributed by atoms with E-state index in [1.807, 2.05) is 42.2 Å². The van der Waals surface area contributed by atoms with Crippen LogP contribution in [0.3, 0.4) is 0 Å². The fourth-order valence-electron chi connectivity index (χ4n) is 3.58. The van der Waals surface area contributed by atoms with E-state index in [9.17, 15) is 14.9 Å². The molecule has 8 heteroatoms. The van der Waals surface area contributed by atoms with Gasteiger partial charge in [0.15, 0.2) is 0 Å². The van der Waals surface area contributed by atoms with Crippen molar-refractivity contribution in [1.82, 2.24) is 9.80 Å². The Bertz CT molecular complexity index is 840. The first-order chi connectivity index (χ1) is 14.5. The molecule has 8 nitrogen and oxygen atoms in total. The Labute approximate surface area is 176 Å². The summed E-state index contributed by atoms with van der Waals surface area (Å²) in [6.07, 6.45) is 0. The summed E-state index contributed by atoms with van der Waals surface area (Å²) in [7, 11) is 0. The lowest BCUT2D eigenvalue weighted by Gasteiger charge is -2.35. The molecule has 0 radical (unpaired) electrons. The Morgan fingerprint density at radius 3 is 2.53 bits per heavy atom. The van der Waals surface area contributed by atoms with E-state index in [0.29, 0.717) is 25.4 Å². The van der Waals surface area contributed by atoms with Crippen molar-refractivity contribution in [2.75, 3.05) is 44.7 Å². The van der Waals surface area contributed by atoms with E-state index in [2.05, 4.69) is 10.2 Å². The van der Waals surface area contributed by atoms with Crippen LogP contribution < -0.4 is 5.32 Å². The Morgan fingerprint density at radius 1 is 1.17 bits per heavy atom. The van der Waals surface area contributed by atoms with Crippen LogP contribution in [-0.2, 0) is 16.1 Å². The highest BCUT2D eigenvalue weighted by Gasteiger charge is 2.24. The first-order valence-corrected chi connectivity index (χ1v) is 10.2. The molecule has 30 heavy (non-hydrogen) atoms. The minimum Gasteiger partial charge on any atom is -0.379 e. The Morgan fingerprint density at radius 2 is 1.83 bits per heavy atom. The molecular formula is C22H28N4O4. The lowest BCUT2D eigenvalue weighted by atomic mass is 10.1. The Kier molecular flexibility index (Phi) is 7.75. The van der Waals surface area contributed by atoms with E-state index < -0.39 is 4.92 Å². The molecule has 1 aliphatic heterocycles. The van der Waals surface area contributed by atoms with Crippen molar-refractivity contribution in [3.05, 3.63) is 70.3 Å². The normalized spacial score (nSPS) is 15.4. The largest absolute Gasteiger partial charge is 0.379 e. The SMILES string of the molecule is CC(CN1CCOCC1)N(Cc1ccccc1)C(=O)CNc1ccccc1[N+](=O)[O-]. The molecular weight excluding hydrogens is 384 g/mol. The smallest absolute Gasteiger partial charge is 0.292 e. The predicted molar refractivity (Wildman–Crippen MR) is 115 cm³/mol. The minimum absolute atomic E-state index is 0.00879. The van der Waals surface area contributed by atoms with Gasteiger partial charge in [0.1, 0.15) is 5.69 Å². The lowest BCUT2D eigenvalue weighted by molar-refractivity contribution is -0.383. The number of ether oxygens (including phenoxy) is 1. The van der Waals surface area contributed by atoms with Crippen molar-refractivity contribution in [3.63, 3.8) is 0 Å². The number of carbonyl (C=O) groups excluding carboxylic acids is 1. The third-order valence-corrected chi connectivity index (χ3v) is 5.21. The molecule has 0 spiro atoms. The van der Waals surface area contributed by atoms with Gasteiger partial charge in [-0.3, -0.25) is 19.8 Å². The van der Waals surface area contributed by atoms with Gasteiger partial charge in [0.25, 0.3) is 5.69 Å². The number of hydrogen-bond acceptors (Lipinski definition) is 6. The van der Waals surface area contributed by atoms with Crippen LogP contribution in [0.4, 0.5) is 11.4 Å². The predicted octanol–water partition coefficient (Wildman–Crippen LogP) is 2.76. The molecule has 0 saturated carbocycles. The number of nitro benzene ring substituents is 1. The van der Waals surface area contributed by atoms with Gasteiger partial charge in [0.2, 0.25) is 5.91 Å². The lowest BCUT2D eigenvalue weighted by Crippen LogP contribution is -2.49. The monoisotopic (exact) mass is 412 g/mol. The van der Waals surface area contributed by atoms with Gasteiger partial charge >= 0.3 is 0 Å². The third kappa shape index (κ3) is 6.01. The maximum Gasteiger partial charge on any atom is 0.292 e. The molecule has 160 valence electrons. The van der Waals surface area contributed by atoms with Gasteiger partial charge < -0.3 is 15.0 Å². The number of amides is 1. The first kappa shape index (κ1) is 21.7. The zero-order chi connectivity index (χ0) is 21.3. The van der Waals surface area contributed by atoms with E-state index >= 15 is 0 Å². The third-order valence-electron chi connectivity index (χ3n) is 5.21. The highest BCUT2D eigenvalue weighted by Crippen LogP contribution is 2.23. The Hall–Kier alpha value is -2.97. The second kappa shape index (κ2) is 10.7. The molecule has 1 unspecified atom stereocenters. The van der Waals surface area contributed by atoms with E-state index in [0.717, 1.165) is 25.2 Å². The molecule has 0 aromatic heterocycles. The number of hydrogen-bond donors (Lipinski definition) is 1. The second-order valence-corrected chi connectivity index (χ2v) is 7.40. The number of nitrogens with one attached hydrogen (secondary N) is 1. The maximum atomic E-state index is 13.1. The fourth-order valence-corrected chi connectivity index (χ4v) is 3.58. The summed E-state index contributed by atoms with van der Waals surface area (Å²) in [5, 5.41) is 14.2. The molecule has 1 atom stereocenters. The van der Waals surface area contributed by atoms with Gasteiger partial charge in [-0.1, -0.05) is 42.5 Å². The van der Waals surface area contributed by atoms with Crippen LogP contribution >= 0.6 is 0 Å². The maximum absolute atomic E-state index is 13.1. The number of nitrogens with zero attached hydrogens (tertiary/aromatic N) is 3. The average Bonchev–Trinajstić information content (AvgIpc) is 2.77. The molecule has 2 aromatic carbocycles. The molecule has 2 aromatic rings. The number of morpholine rings is 1. The van der Waals surface area contributed by atoms with Gasteiger partial charge in [0.05, 0.1) is 24.7 Å². The molecule has 1 fully saturated rings. The van der Waals surface area contributed by atoms with Gasteiger partial charge in [-0.25, -0.2) is 0 Å². The van der Waals surface area contributed by atoms with Crippen LogP contribution in [0, 0.1) is 10.1 Å². The Balaban J connectivity index is 1.70. The van der Waals surface area contributed by atoms with E-state index in [1.54, 1.807) is 18.2 Å². The topological polar surface area (TPSA) is 88.0 Å². The summed E-state index contributed by atoms with van der Waals surface area (Å²) < 4.78 is 5.42. The highest BCUT2D eigenvalue weighted by molar-refractivity contribution is 5.82. The number of anilines is 1. The highest BCUT2D eigenvalue weighted by atomic mass is 16.6. The van der Waals surface area contributed by atoms with Crippen molar-refractivity contribution in [3.8, 4) is 0 Å². The summed E-state index contributed by atoms with van der Waals surface area (Å²) in [4.78, 5) is 28.1. The van der Waals surface area contributed by atoms with Crippen LogP contribution in [0.5, 0.6) is 0 Å². The van der Waals surface area contributed by atoms with Crippen molar-refractivity contribution in [1.29, 1.82) is 0 Å². The molecule has 1 aliphatic rings. The standard InChI is InChI=1S/C22H28N4O4/c1-18(16-24-11-13-30-14-12-24)25(17-19-7-3-2-4-8-19)22(27)15-23-20-9-5-6-10-21(20)26(28)29/h2-10,18,23H,11-17H2,1H3. The van der Waals surface area contributed by atoms with Crippen molar-refractivity contribution in [2.24, 2.45) is 0 Å². The number of para-hydroxylation sites is 2. The summed E-state index contributed by atoms with van der Waals surface area (Å²) in [5.41, 5.74) is 1.35. The summed E-state index contributed by atoms with van der Waals surface area (Å²) in [6.45, 7) is 6.40. The van der Waals surface area contributed by atoms with Gasteiger partial charge in [-0.15, -0.1) is 0 Å². The zero-order valence-electron chi connectivity index (χ0n) is 17.2. The number of nitro groups is 1. The summed E-state index contributed by atoms with van der Waals surface area (Å²) in [6, 6.07) is 16.2. The van der Waals surface area contributed by atoms with E-state index in [4.69, 9.17) is 4.74 Å². The molecule has 0 aliphatic carbocycles. The van der Waals surface area contributed by atoms with Crippen LogP contribution in [0.15, 0.2) is 54.6 Å². The molecule has 0 bridgehead atoms. The minimum atomic E-state index is -0.449. The second-order valence-electron chi connectivity index (χ2n) is 7.40. The van der Waals surface area contributed by atoms with Crippen LogP contribution in [0.2, 0.25) is 0 Å². The van der Waals surface area contributed by atoms with Crippen molar-refractivity contribution in [2.45, 2.75) is 19.5 Å². The number of benzene rings is 2. The van der Waals surface area contributed by atoms with Gasteiger partial charge in [-0.2, -0.15) is 0 Å². The van der Waals surface area contributed by atoms with Crippen LogP contribution in [0.25, 0.3) is 0 Å². The fraction of sp³-hybridized carbons (Fsp3) is 0.409. The van der Waals surface area contributed by atoms with Crippen molar-refractivity contribution >= 4 is 17.3 Å². The average molecular weight is 412 g/mol. The number of carbonyl (C=O) groups is 1. The quantitative estimate of drug-likeness (QED) is 0.503. The van der Waals surface area contributed by atoms with Gasteiger partial charge in [0, 0.05) is 38.3 Å². The van der Waals surface area contributed by atoms with Gasteiger partial charge in [-0.05, 0) is 18.6 Å². The molecule has 3 rings (SSSR count). The summed E-state index contributed by atoms with van der Waals surface area (Å²) in [5.74, 6) is -0.0993. The van der Waals surface area contributed by atoms with Crippen molar-refractivity contribution < 1.29 is 14.5 Å². The molecule has 1 N–H and O–H groups in total. The molecule has 1 saturated heterocycles. The molecule has 1 heterocycles. The van der Waals surface area contributed by atoms with Crippen LogP contribution in [0.1, 0.15) is 12.5 Å². The summed E-state index contributed by atoms with van der Waals surface area (Å²) >= 11 is 0. The van der Waals surface area contributed by atoms with E-state index in [1.165, 1.54) is 6.07 Å². The first-order valence-electron chi connectivity index (χ1n) is 10.2. The number of rotatable bonds is 9. The van der Waals surface area contributed by atoms with Crippen LogP contribution in [-0.4, -0.2) is 66.1 Å². The zero-order valence-corrected chi connectivity index (χ0v) is 17.2.